The molecular formula is C56H76N4O3S. The van der Waals surface area contributed by atoms with Gasteiger partial charge in [0, 0.05) is 61.4 Å². The zero-order chi connectivity index (χ0) is 45.1. The quantitative estimate of drug-likeness (QED) is 0.203. The molecule has 7 aliphatic rings. The second-order valence-corrected chi connectivity index (χ2v) is 24.2. The number of aromatic nitrogens is 1. The molecule has 4 saturated carbocycles. The van der Waals surface area contributed by atoms with Crippen molar-refractivity contribution in [2.45, 2.75) is 124 Å². The van der Waals surface area contributed by atoms with E-state index in [-0.39, 0.29) is 34.3 Å². The van der Waals surface area contributed by atoms with Gasteiger partial charge in [-0.15, -0.1) is 0 Å². The lowest BCUT2D eigenvalue weighted by Gasteiger charge is -2.72. The molecule has 2 heterocycles. The molecule has 1 aromatic carbocycles. The molecule has 8 heteroatoms. The van der Waals surface area contributed by atoms with Crippen LogP contribution in [0.4, 0.5) is 0 Å². The van der Waals surface area contributed by atoms with Gasteiger partial charge >= 0.3 is 5.97 Å². The second kappa shape index (κ2) is 17.4. The van der Waals surface area contributed by atoms with Crippen molar-refractivity contribution >= 4 is 17.7 Å². The molecule has 5 fully saturated rings. The van der Waals surface area contributed by atoms with Gasteiger partial charge in [-0.1, -0.05) is 89.3 Å². The number of hydrogen-bond donors (Lipinski definition) is 2. The molecule has 344 valence electrons. The highest BCUT2D eigenvalue weighted by molar-refractivity contribution is 7.99. The van der Waals surface area contributed by atoms with E-state index in [0.29, 0.717) is 65.7 Å². The molecule has 1 aliphatic heterocycles. The summed E-state index contributed by atoms with van der Waals surface area (Å²) in [6, 6.07) is 15.7. The maximum absolute atomic E-state index is 13.6. The number of hydrogen-bond acceptors (Lipinski definition) is 7. The van der Waals surface area contributed by atoms with Gasteiger partial charge in [0.25, 0.3) is 0 Å². The number of carboxylic acids is 1. The van der Waals surface area contributed by atoms with Gasteiger partial charge in [-0.05, 0) is 158 Å². The van der Waals surface area contributed by atoms with Crippen molar-refractivity contribution in [3.8, 4) is 11.9 Å². The number of pyridine rings is 1. The van der Waals surface area contributed by atoms with Gasteiger partial charge in [-0.3, -0.25) is 4.79 Å². The standard InChI is InChI=1S/C56H76N4O3S/c1-38(2)43-16-23-56(59-27-28-60-29-31-64-32-30-60)25-24-53(6)45(49(43)56)13-14-47-52(5)20-17-44(51(3,4)46(52)18-21-54(47,53)7)41-15-22-55(50(61)62,37-63-48-34-40(36-57)19-26-58-48)42(35-41)33-39-11-9-8-10-12-39/h8-12,17,19,26,34-35,42-43,45-47,49,59H,1,13-16,18,20-25,27-33,37H2,2-7H3,(H,61,62)/t42?,43-,45+,46-,47+,49+,52-,53+,54+,55?,56-/m0/s1. The fourth-order valence-electron chi connectivity index (χ4n) is 16.5. The lowest BCUT2D eigenvalue weighted by Crippen LogP contribution is -2.68. The molecular weight excluding hydrogens is 809 g/mol. The molecule has 11 atom stereocenters. The van der Waals surface area contributed by atoms with Crippen LogP contribution in [0.3, 0.4) is 0 Å². The maximum Gasteiger partial charge on any atom is 0.313 e. The van der Waals surface area contributed by atoms with Crippen LogP contribution in [0, 0.1) is 73.9 Å². The number of fused-ring (bicyclic) bond motifs is 7. The molecule has 1 aromatic heterocycles. The van der Waals surface area contributed by atoms with Gasteiger partial charge in [0.1, 0.15) is 12.0 Å². The lowest BCUT2D eigenvalue weighted by molar-refractivity contribution is -0.221. The molecule has 1 saturated heterocycles. The number of allylic oxidation sites excluding steroid dienone is 5. The normalized spacial score (nSPS) is 39.1. The van der Waals surface area contributed by atoms with Crippen LogP contribution in [0.5, 0.6) is 5.88 Å². The smallest absolute Gasteiger partial charge is 0.313 e. The monoisotopic (exact) mass is 885 g/mol. The molecule has 2 N–H and O–H groups in total. The van der Waals surface area contributed by atoms with E-state index in [4.69, 9.17) is 4.74 Å². The zero-order valence-electron chi connectivity index (χ0n) is 39.9. The molecule has 7 nitrogen and oxygen atoms in total. The van der Waals surface area contributed by atoms with E-state index in [1.54, 1.807) is 18.3 Å². The fourth-order valence-corrected chi connectivity index (χ4v) is 17.5. The average Bonchev–Trinajstić information content (AvgIpc) is 3.67. The molecule has 0 spiro atoms. The number of carboxylic acid groups (broad SMARTS) is 1. The van der Waals surface area contributed by atoms with E-state index in [0.717, 1.165) is 18.5 Å². The number of carbonyl (C=O) groups is 1. The van der Waals surface area contributed by atoms with Crippen LogP contribution in [0.15, 0.2) is 84.1 Å². The van der Waals surface area contributed by atoms with Gasteiger partial charge in [0.2, 0.25) is 5.88 Å². The summed E-state index contributed by atoms with van der Waals surface area (Å²) in [5.41, 5.74) is 5.58. The van der Waals surface area contributed by atoms with Crippen LogP contribution in [-0.4, -0.2) is 70.8 Å². The highest BCUT2D eigenvalue weighted by Crippen LogP contribution is 2.76. The molecule has 6 aliphatic carbocycles. The third-order valence-electron chi connectivity index (χ3n) is 20.0. The Balaban J connectivity index is 0.995. The Morgan fingerprint density at radius 1 is 0.984 bits per heavy atom. The van der Waals surface area contributed by atoms with Gasteiger partial charge in [-0.2, -0.15) is 17.0 Å². The van der Waals surface area contributed by atoms with Gasteiger partial charge < -0.3 is 20.1 Å². The van der Waals surface area contributed by atoms with Crippen molar-refractivity contribution in [1.82, 2.24) is 15.2 Å². The van der Waals surface area contributed by atoms with E-state index in [9.17, 15) is 15.2 Å². The predicted molar refractivity (Wildman–Crippen MR) is 260 cm³/mol. The minimum Gasteiger partial charge on any atom is -0.481 e. The number of benzene rings is 1. The highest BCUT2D eigenvalue weighted by atomic mass is 32.2. The van der Waals surface area contributed by atoms with E-state index in [2.05, 4.69) is 105 Å². The van der Waals surface area contributed by atoms with E-state index in [1.165, 1.54) is 99.2 Å². The molecule has 0 amide bonds. The first-order valence-electron chi connectivity index (χ1n) is 25.0. The minimum absolute atomic E-state index is 0.00226. The van der Waals surface area contributed by atoms with Crippen LogP contribution in [-0.2, 0) is 11.2 Å². The molecule has 9 rings (SSSR count). The number of nitrogens with one attached hydrogen (secondary N) is 1. The van der Waals surface area contributed by atoms with Crippen LogP contribution in [0.25, 0.3) is 0 Å². The molecule has 2 aromatic rings. The Bertz CT molecular complexity index is 2190. The zero-order valence-corrected chi connectivity index (χ0v) is 40.7. The Morgan fingerprint density at radius 3 is 2.50 bits per heavy atom. The van der Waals surface area contributed by atoms with Gasteiger partial charge in [-0.25, -0.2) is 4.98 Å². The fraction of sp³-hybridized carbons (Fsp3) is 0.661. The minimum atomic E-state index is -1.14. The summed E-state index contributed by atoms with van der Waals surface area (Å²) in [7, 11) is 0. The van der Waals surface area contributed by atoms with Crippen molar-refractivity contribution in [1.29, 1.82) is 5.26 Å². The number of rotatable bonds is 12. The largest absolute Gasteiger partial charge is 0.481 e. The van der Waals surface area contributed by atoms with E-state index in [1.807, 2.05) is 18.2 Å². The molecule has 64 heavy (non-hydrogen) atoms. The van der Waals surface area contributed by atoms with Gasteiger partial charge in [0.05, 0.1) is 11.6 Å². The van der Waals surface area contributed by atoms with Crippen LogP contribution < -0.4 is 10.1 Å². The summed E-state index contributed by atoms with van der Waals surface area (Å²) < 4.78 is 6.22. The summed E-state index contributed by atoms with van der Waals surface area (Å²) in [4.78, 5) is 20.6. The SMILES string of the molecule is C=C(C)[C@@H]1CC[C@]2(NCCN3CCSCC3)CC[C@]3(C)[C@H](CC[C@@H]4[C@@]5(C)CC=C(C6=CC(Cc7ccccc7)C(COc7cc(C#N)ccn7)(C(=O)O)CC6)C(C)(C)[C@@H]5CC[C@]43C)[C@@H]12. The first-order chi connectivity index (χ1) is 30.6. The summed E-state index contributed by atoms with van der Waals surface area (Å²) in [6.45, 7) is 25.0. The van der Waals surface area contributed by atoms with Crippen molar-refractivity contribution in [3.63, 3.8) is 0 Å². The number of nitrogens with zero attached hydrogens (tertiary/aromatic N) is 3. The number of nitriles is 1. The van der Waals surface area contributed by atoms with Crippen molar-refractivity contribution in [2.75, 3.05) is 44.3 Å². The summed E-state index contributed by atoms with van der Waals surface area (Å²) >= 11 is 2.11. The maximum atomic E-state index is 13.6. The molecule has 0 bridgehead atoms. The van der Waals surface area contributed by atoms with Crippen molar-refractivity contribution < 1.29 is 14.6 Å². The first kappa shape index (κ1) is 45.8. The predicted octanol–water partition coefficient (Wildman–Crippen LogP) is 11.6. The number of ether oxygens (including phenoxy) is 1. The third kappa shape index (κ3) is 7.54. The Labute approximate surface area is 389 Å². The topological polar surface area (TPSA) is 98.5 Å². The van der Waals surface area contributed by atoms with Crippen molar-refractivity contribution in [2.24, 2.45) is 62.6 Å². The Hall–Kier alpha value is -3.38. The van der Waals surface area contributed by atoms with Gasteiger partial charge in [0.15, 0.2) is 0 Å². The van der Waals surface area contributed by atoms with E-state index < -0.39 is 11.4 Å². The number of aliphatic carboxylic acids is 1. The number of thioether (sulfide) groups is 1. The lowest BCUT2D eigenvalue weighted by atomic mass is 9.33. The van der Waals surface area contributed by atoms with Crippen molar-refractivity contribution in [3.05, 3.63) is 95.2 Å². The Morgan fingerprint density at radius 2 is 1.77 bits per heavy atom. The van der Waals surface area contributed by atoms with Crippen LogP contribution in [0.1, 0.15) is 123 Å². The van der Waals surface area contributed by atoms with Crippen LogP contribution >= 0.6 is 11.8 Å². The average molecular weight is 885 g/mol. The highest BCUT2D eigenvalue weighted by Gasteiger charge is 2.70. The first-order valence-corrected chi connectivity index (χ1v) is 26.1. The van der Waals surface area contributed by atoms with E-state index >= 15 is 0 Å². The Kier molecular flexibility index (Phi) is 12.4. The molecule has 0 radical (unpaired) electrons. The summed E-state index contributed by atoms with van der Waals surface area (Å²) in [5, 5.41) is 25.0. The third-order valence-corrected chi connectivity index (χ3v) is 21.0. The summed E-state index contributed by atoms with van der Waals surface area (Å²) in [6.07, 6.45) is 19.8. The summed E-state index contributed by atoms with van der Waals surface area (Å²) in [5.74, 6) is 4.94. The molecule has 2 unspecified atom stereocenters. The van der Waals surface area contributed by atoms with Crippen LogP contribution in [0.2, 0.25) is 0 Å². The second-order valence-electron chi connectivity index (χ2n) is 23.0.